The van der Waals surface area contributed by atoms with Crippen LogP contribution in [0, 0.1) is 0 Å². The largest absolute Gasteiger partial charge is 0.444 e. The van der Waals surface area contributed by atoms with E-state index in [0.717, 1.165) is 4.57 Å². The summed E-state index contributed by atoms with van der Waals surface area (Å²) in [5.74, 6) is -0.0762. The van der Waals surface area contributed by atoms with Crippen molar-refractivity contribution < 1.29 is 31.6 Å². The lowest BCUT2D eigenvalue weighted by atomic mass is 10.1. The Morgan fingerprint density at radius 1 is 1.21 bits per heavy atom. The molecule has 0 saturated carbocycles. The van der Waals surface area contributed by atoms with Crippen LogP contribution in [0.25, 0.3) is 22.4 Å². The molecule has 4 rings (SSSR count). The van der Waals surface area contributed by atoms with Gasteiger partial charge in [0.25, 0.3) is 0 Å². The normalized spacial score (nSPS) is 19.4. The minimum absolute atomic E-state index is 0.00383. The number of likely N-dealkylation sites (tertiary alicyclic amines) is 1. The van der Waals surface area contributed by atoms with Gasteiger partial charge in [-0.15, -0.1) is 0 Å². The Balaban J connectivity index is 1.64. The van der Waals surface area contributed by atoms with Gasteiger partial charge in [-0.3, -0.25) is 0 Å². The highest BCUT2D eigenvalue weighted by Crippen LogP contribution is 2.35. The van der Waals surface area contributed by atoms with Gasteiger partial charge in [0.05, 0.1) is 17.3 Å². The molecule has 1 fully saturated rings. The van der Waals surface area contributed by atoms with Crippen LogP contribution < -0.4 is 10.6 Å². The fourth-order valence-corrected chi connectivity index (χ4v) is 4.40. The van der Waals surface area contributed by atoms with E-state index in [1.807, 2.05) is 7.05 Å². The summed E-state index contributed by atoms with van der Waals surface area (Å²) in [5, 5.41) is 10.0. The minimum atomic E-state index is -4.52. The zero-order valence-electron chi connectivity index (χ0n) is 21.7. The molecule has 0 radical (unpaired) electrons. The quantitative estimate of drug-likeness (QED) is 0.419. The van der Waals surface area contributed by atoms with Gasteiger partial charge in [0, 0.05) is 17.6 Å². The molecule has 1 aromatic carbocycles. The van der Waals surface area contributed by atoms with E-state index < -0.39 is 36.6 Å². The summed E-state index contributed by atoms with van der Waals surface area (Å²) in [5.41, 5.74) is 0.193. The maximum absolute atomic E-state index is 14.8. The van der Waals surface area contributed by atoms with Gasteiger partial charge in [0.1, 0.15) is 24.9 Å². The predicted octanol–water partition coefficient (Wildman–Crippen LogP) is 5.12. The number of carbonyl (C=O) groups is 1. The Morgan fingerprint density at radius 2 is 1.95 bits per heavy atom. The van der Waals surface area contributed by atoms with Crippen LogP contribution in [0.2, 0.25) is 0 Å². The van der Waals surface area contributed by atoms with Gasteiger partial charge in [-0.05, 0) is 65.4 Å². The summed E-state index contributed by atoms with van der Waals surface area (Å²) in [4.78, 5) is 18.2. The Labute approximate surface area is 217 Å². The predicted molar refractivity (Wildman–Crippen MR) is 133 cm³/mol. The van der Waals surface area contributed by atoms with E-state index >= 15 is 0 Å². The number of fused-ring (bicyclic) bond motifs is 1. The van der Waals surface area contributed by atoms with Crippen LogP contribution in [0.3, 0.4) is 0 Å². The maximum Gasteiger partial charge on any atom is 0.408 e. The Bertz CT molecular complexity index is 1270. The van der Waals surface area contributed by atoms with E-state index in [-0.39, 0.29) is 24.0 Å². The first-order chi connectivity index (χ1) is 17.8. The van der Waals surface area contributed by atoms with Crippen LogP contribution in [0.5, 0.6) is 0 Å². The van der Waals surface area contributed by atoms with Gasteiger partial charge in [-0.25, -0.2) is 9.18 Å². The zero-order valence-corrected chi connectivity index (χ0v) is 21.7. The molecule has 1 aliphatic heterocycles. The minimum Gasteiger partial charge on any atom is -0.444 e. The summed E-state index contributed by atoms with van der Waals surface area (Å²) in [6.45, 7) is 5.03. The van der Waals surface area contributed by atoms with Crippen LogP contribution in [0.15, 0.2) is 28.8 Å². The molecule has 2 N–H and O–H groups in total. The van der Waals surface area contributed by atoms with Crippen molar-refractivity contribution in [3.63, 3.8) is 0 Å². The lowest BCUT2D eigenvalue weighted by molar-refractivity contribution is -0.139. The number of halogens is 4. The summed E-state index contributed by atoms with van der Waals surface area (Å²) in [7, 11) is 1.93. The van der Waals surface area contributed by atoms with E-state index in [1.54, 1.807) is 39.0 Å². The van der Waals surface area contributed by atoms with Gasteiger partial charge in [-0.2, -0.15) is 18.2 Å². The maximum atomic E-state index is 14.8. The highest BCUT2D eigenvalue weighted by molar-refractivity contribution is 5.96. The van der Waals surface area contributed by atoms with E-state index in [9.17, 15) is 22.4 Å². The number of carbonyl (C=O) groups excluding carboxylic acids is 1. The monoisotopic (exact) mass is 540 g/mol. The number of ether oxygens (including phenoxy) is 1. The van der Waals surface area contributed by atoms with Crippen molar-refractivity contribution in [1.82, 2.24) is 24.9 Å². The first-order valence-electron chi connectivity index (χ1n) is 12.4. The molecule has 9 nitrogen and oxygen atoms in total. The Hall–Kier alpha value is -3.35. The average molecular weight is 541 g/mol. The summed E-state index contributed by atoms with van der Waals surface area (Å²) in [6.07, 6.45) is -5.39. The molecule has 2 atom stereocenters. The fraction of sp³-hybridized carbons (Fsp3) is 0.560. The second kappa shape index (κ2) is 10.8. The molecule has 0 unspecified atom stereocenters. The van der Waals surface area contributed by atoms with E-state index in [0.29, 0.717) is 42.5 Å². The molecule has 0 spiro atoms. The van der Waals surface area contributed by atoms with E-state index in [4.69, 9.17) is 9.26 Å². The number of anilines is 1. The van der Waals surface area contributed by atoms with Gasteiger partial charge in [0.2, 0.25) is 11.7 Å². The molecule has 13 heteroatoms. The van der Waals surface area contributed by atoms with Crippen LogP contribution in [0.4, 0.5) is 28.0 Å². The molecule has 1 aliphatic rings. The third-order valence-corrected chi connectivity index (χ3v) is 6.15. The van der Waals surface area contributed by atoms with Gasteiger partial charge >= 0.3 is 12.3 Å². The van der Waals surface area contributed by atoms with Crippen LogP contribution in [-0.2, 0) is 17.8 Å². The lowest BCUT2D eigenvalue weighted by Crippen LogP contribution is -2.32. The highest BCUT2D eigenvalue weighted by atomic mass is 19.4. The number of nitrogens with zero attached hydrogens (tertiary/aromatic N) is 4. The van der Waals surface area contributed by atoms with Crippen molar-refractivity contribution in [3.8, 4) is 11.5 Å². The van der Waals surface area contributed by atoms with Crippen LogP contribution in [-0.4, -0.2) is 69.8 Å². The van der Waals surface area contributed by atoms with E-state index in [1.165, 1.54) is 6.07 Å². The topological polar surface area (TPSA) is 97.5 Å². The van der Waals surface area contributed by atoms with Crippen molar-refractivity contribution in [3.05, 3.63) is 30.2 Å². The smallest absolute Gasteiger partial charge is 0.408 e. The summed E-state index contributed by atoms with van der Waals surface area (Å²) < 4.78 is 67.0. The number of aromatic nitrogens is 3. The molecular formula is C25H32F4N6O3. The first-order valence-corrected chi connectivity index (χ1v) is 12.4. The molecule has 3 heterocycles. The van der Waals surface area contributed by atoms with Crippen molar-refractivity contribution in [1.29, 1.82) is 0 Å². The number of alkyl carbamates (subject to hydrolysis) is 1. The van der Waals surface area contributed by atoms with Crippen molar-refractivity contribution in [2.75, 3.05) is 25.5 Å². The molecule has 3 aromatic rings. The van der Waals surface area contributed by atoms with Crippen LogP contribution in [0.1, 0.15) is 39.5 Å². The Kier molecular flexibility index (Phi) is 7.86. The number of hydrogen-bond acceptors (Lipinski definition) is 7. The molecule has 0 aliphatic carbocycles. The number of nitrogens with one attached hydrogen (secondary N) is 2. The van der Waals surface area contributed by atoms with Crippen LogP contribution >= 0.6 is 0 Å². The number of hydrogen-bond donors (Lipinski definition) is 2. The third kappa shape index (κ3) is 6.94. The lowest BCUT2D eigenvalue weighted by Gasteiger charge is -2.21. The second-order valence-electron chi connectivity index (χ2n) is 10.5. The van der Waals surface area contributed by atoms with E-state index in [2.05, 4.69) is 25.7 Å². The third-order valence-electron chi connectivity index (χ3n) is 6.15. The number of rotatable bonds is 6. The van der Waals surface area contributed by atoms with Gasteiger partial charge in [0.15, 0.2) is 0 Å². The molecule has 1 saturated heterocycles. The SMILES string of the molecule is CN1CC[C@H](F)[C@H](Nc2cccc3c2cc(-c2noc(CNC(=O)OC(C)(C)C)n2)n3CC(F)(F)F)CC1. The summed E-state index contributed by atoms with van der Waals surface area (Å²) in [6, 6.07) is 5.97. The van der Waals surface area contributed by atoms with Gasteiger partial charge in [-0.1, -0.05) is 11.2 Å². The number of amides is 1. The van der Waals surface area contributed by atoms with Crippen molar-refractivity contribution in [2.24, 2.45) is 0 Å². The zero-order chi connectivity index (χ0) is 27.7. The molecular weight excluding hydrogens is 508 g/mol. The summed E-state index contributed by atoms with van der Waals surface area (Å²) >= 11 is 0. The highest BCUT2D eigenvalue weighted by Gasteiger charge is 2.32. The number of alkyl halides is 4. The average Bonchev–Trinajstić information content (AvgIpc) is 3.38. The second-order valence-corrected chi connectivity index (χ2v) is 10.5. The van der Waals surface area contributed by atoms with Gasteiger partial charge < -0.3 is 29.4 Å². The molecule has 2 aromatic heterocycles. The van der Waals surface area contributed by atoms with Crippen molar-refractivity contribution >= 4 is 22.7 Å². The van der Waals surface area contributed by atoms with Crippen molar-refractivity contribution in [2.45, 2.75) is 70.7 Å². The number of benzene rings is 1. The molecule has 0 bridgehead atoms. The first kappa shape index (κ1) is 27.7. The molecule has 1 amide bonds. The standard InChI is InChI=1S/C25H32F4N6O3/c1-24(2,3)37-23(36)30-13-21-32-22(33-38-21)20-12-15-17(31-18-9-11-34(4)10-8-16(18)26)6-5-7-19(15)35(20)14-25(27,28)29/h5-7,12,16,18,31H,8-11,13-14H2,1-4H3,(H,30,36)/t16-,18+/m0/s1. The molecule has 38 heavy (non-hydrogen) atoms. The molecule has 208 valence electrons. The Morgan fingerprint density at radius 3 is 2.66 bits per heavy atom. The fourth-order valence-electron chi connectivity index (χ4n) is 4.40.